The third-order valence-electron chi connectivity index (χ3n) is 1.63. The Balaban J connectivity index is 2.39. The van der Waals surface area contributed by atoms with Crippen molar-refractivity contribution in [1.82, 2.24) is 25.5 Å². The fraction of sp³-hybridized carbons (Fsp3) is 0.571. The van der Waals surface area contributed by atoms with Crippen LogP contribution < -0.4 is 5.32 Å². The van der Waals surface area contributed by atoms with Crippen LogP contribution in [0.2, 0.25) is 0 Å². The molecule has 8 heteroatoms. The molecule has 1 N–H and O–H groups in total. The fourth-order valence-electron chi connectivity index (χ4n) is 0.923. The Morgan fingerprint density at radius 2 is 2.33 bits per heavy atom. The normalized spacial score (nSPS) is 11.9. The molecule has 0 aliphatic heterocycles. The van der Waals surface area contributed by atoms with Crippen molar-refractivity contribution in [2.75, 3.05) is 7.11 Å². The zero-order chi connectivity index (χ0) is 11.3. The lowest BCUT2D eigenvalue weighted by molar-refractivity contribution is -0.144. The maximum Gasteiger partial charge on any atom is 0.328 e. The number of ether oxygens (including phenoxy) is 1. The van der Waals surface area contributed by atoms with Gasteiger partial charge in [0.1, 0.15) is 18.9 Å². The molecule has 0 unspecified atom stereocenters. The third-order valence-corrected chi connectivity index (χ3v) is 1.63. The summed E-state index contributed by atoms with van der Waals surface area (Å²) in [5.41, 5.74) is 0. The van der Waals surface area contributed by atoms with Gasteiger partial charge in [0.2, 0.25) is 5.91 Å². The average molecular weight is 213 g/mol. The summed E-state index contributed by atoms with van der Waals surface area (Å²) in [6.07, 6.45) is 1.31. The average Bonchev–Trinajstić information content (AvgIpc) is 2.68. The number of carbonyl (C=O) groups is 2. The molecule has 1 amide bonds. The van der Waals surface area contributed by atoms with Crippen LogP contribution in [0.4, 0.5) is 0 Å². The van der Waals surface area contributed by atoms with Gasteiger partial charge in [0.15, 0.2) is 0 Å². The maximum atomic E-state index is 11.3. The highest BCUT2D eigenvalue weighted by Gasteiger charge is 2.15. The first-order valence-electron chi connectivity index (χ1n) is 4.21. The van der Waals surface area contributed by atoms with Crippen LogP contribution in [0.1, 0.15) is 6.92 Å². The molecule has 0 radical (unpaired) electrons. The second-order valence-corrected chi connectivity index (χ2v) is 2.82. The van der Waals surface area contributed by atoms with Crippen molar-refractivity contribution in [1.29, 1.82) is 0 Å². The van der Waals surface area contributed by atoms with Crippen molar-refractivity contribution >= 4 is 11.9 Å². The van der Waals surface area contributed by atoms with Gasteiger partial charge in [-0.05, 0) is 17.4 Å². The summed E-state index contributed by atoms with van der Waals surface area (Å²) in [4.78, 5) is 22.3. The van der Waals surface area contributed by atoms with Gasteiger partial charge in [0, 0.05) is 0 Å². The number of hydrogen-bond acceptors (Lipinski definition) is 6. The van der Waals surface area contributed by atoms with Crippen LogP contribution in [-0.2, 0) is 20.9 Å². The first-order valence-corrected chi connectivity index (χ1v) is 4.21. The Morgan fingerprint density at radius 3 is 2.87 bits per heavy atom. The minimum atomic E-state index is -0.681. The number of tetrazole rings is 1. The molecule has 0 aliphatic rings. The monoisotopic (exact) mass is 213 g/mol. The van der Waals surface area contributed by atoms with Crippen LogP contribution in [0, 0.1) is 0 Å². The molecule has 15 heavy (non-hydrogen) atoms. The third kappa shape index (κ3) is 3.33. The van der Waals surface area contributed by atoms with Gasteiger partial charge in [0.05, 0.1) is 7.11 Å². The smallest absolute Gasteiger partial charge is 0.328 e. The number of amides is 1. The van der Waals surface area contributed by atoms with E-state index in [2.05, 4.69) is 25.6 Å². The van der Waals surface area contributed by atoms with E-state index in [1.54, 1.807) is 0 Å². The molecule has 0 aliphatic carbocycles. The summed E-state index contributed by atoms with van der Waals surface area (Å²) < 4.78 is 5.70. The molecular weight excluding hydrogens is 202 g/mol. The molecule has 1 atom stereocenters. The Kier molecular flexibility index (Phi) is 3.72. The summed E-state index contributed by atoms with van der Waals surface area (Å²) in [6, 6.07) is -0.681. The minimum absolute atomic E-state index is 0.0334. The van der Waals surface area contributed by atoms with E-state index in [1.807, 2.05) is 0 Å². The zero-order valence-corrected chi connectivity index (χ0v) is 8.38. The topological polar surface area (TPSA) is 99.0 Å². The van der Waals surface area contributed by atoms with Gasteiger partial charge < -0.3 is 10.1 Å². The Bertz CT molecular complexity index is 336. The van der Waals surface area contributed by atoms with Crippen LogP contribution in [-0.4, -0.2) is 45.2 Å². The summed E-state index contributed by atoms with van der Waals surface area (Å²) in [7, 11) is 1.26. The molecule has 1 heterocycles. The van der Waals surface area contributed by atoms with E-state index >= 15 is 0 Å². The molecule has 0 fully saturated rings. The quantitative estimate of drug-likeness (QED) is 0.601. The highest BCUT2D eigenvalue weighted by atomic mass is 16.5. The molecule has 1 aromatic rings. The predicted molar refractivity (Wildman–Crippen MR) is 47.4 cm³/mol. The molecule has 0 spiro atoms. The van der Waals surface area contributed by atoms with Crippen LogP contribution in [0.3, 0.4) is 0 Å². The molecule has 0 bridgehead atoms. The number of methoxy groups -OCH3 is 1. The number of aromatic nitrogens is 4. The first kappa shape index (κ1) is 11.1. The van der Waals surface area contributed by atoms with Crippen LogP contribution in [0.15, 0.2) is 6.33 Å². The van der Waals surface area contributed by atoms with Crippen LogP contribution in [0.5, 0.6) is 0 Å². The lowest BCUT2D eigenvalue weighted by Crippen LogP contribution is -2.40. The molecule has 1 aromatic heterocycles. The number of hydrogen-bond donors (Lipinski definition) is 1. The highest BCUT2D eigenvalue weighted by molar-refractivity contribution is 5.83. The van der Waals surface area contributed by atoms with E-state index in [-0.39, 0.29) is 12.5 Å². The number of esters is 1. The minimum Gasteiger partial charge on any atom is -0.467 e. The van der Waals surface area contributed by atoms with E-state index in [0.29, 0.717) is 0 Å². The van der Waals surface area contributed by atoms with Gasteiger partial charge >= 0.3 is 5.97 Å². The van der Waals surface area contributed by atoms with Crippen molar-refractivity contribution in [3.8, 4) is 0 Å². The van der Waals surface area contributed by atoms with Crippen molar-refractivity contribution in [2.45, 2.75) is 19.5 Å². The lowest BCUT2D eigenvalue weighted by Gasteiger charge is -2.10. The summed E-state index contributed by atoms with van der Waals surface area (Å²) in [5, 5.41) is 12.7. The molecule has 82 valence electrons. The number of nitrogens with one attached hydrogen (secondary N) is 1. The Morgan fingerprint density at radius 1 is 1.60 bits per heavy atom. The van der Waals surface area contributed by atoms with Gasteiger partial charge in [-0.15, -0.1) is 5.10 Å². The van der Waals surface area contributed by atoms with Gasteiger partial charge in [-0.1, -0.05) is 0 Å². The summed E-state index contributed by atoms with van der Waals surface area (Å²) in [5.74, 6) is -0.861. The van der Waals surface area contributed by atoms with E-state index in [9.17, 15) is 9.59 Å². The number of carbonyl (C=O) groups excluding carboxylic acids is 2. The van der Waals surface area contributed by atoms with Crippen molar-refractivity contribution < 1.29 is 14.3 Å². The lowest BCUT2D eigenvalue weighted by atomic mass is 10.3. The Hall–Kier alpha value is -1.99. The van der Waals surface area contributed by atoms with Gasteiger partial charge in [-0.2, -0.15) is 0 Å². The predicted octanol–water partition coefficient (Wildman–Crippen LogP) is -1.65. The number of nitrogens with zero attached hydrogens (tertiary/aromatic N) is 4. The van der Waals surface area contributed by atoms with Crippen molar-refractivity contribution in [2.24, 2.45) is 0 Å². The maximum absolute atomic E-state index is 11.3. The van der Waals surface area contributed by atoms with E-state index in [0.717, 1.165) is 0 Å². The van der Waals surface area contributed by atoms with E-state index in [1.165, 1.54) is 25.0 Å². The molecular formula is C7H11N5O3. The zero-order valence-electron chi connectivity index (χ0n) is 8.38. The van der Waals surface area contributed by atoms with E-state index < -0.39 is 12.0 Å². The van der Waals surface area contributed by atoms with E-state index in [4.69, 9.17) is 0 Å². The second-order valence-electron chi connectivity index (χ2n) is 2.82. The molecule has 0 aromatic carbocycles. The molecule has 8 nitrogen and oxygen atoms in total. The largest absolute Gasteiger partial charge is 0.467 e. The number of rotatable bonds is 4. The van der Waals surface area contributed by atoms with Gasteiger partial charge in [-0.25, -0.2) is 9.48 Å². The van der Waals surface area contributed by atoms with Crippen molar-refractivity contribution in [3.63, 3.8) is 0 Å². The second kappa shape index (κ2) is 5.03. The Labute approximate surface area is 85.6 Å². The molecule has 0 saturated carbocycles. The first-order chi connectivity index (χ1) is 7.13. The van der Waals surface area contributed by atoms with Crippen LogP contribution >= 0.6 is 0 Å². The summed E-state index contributed by atoms with van der Waals surface area (Å²) in [6.45, 7) is 1.50. The van der Waals surface area contributed by atoms with Crippen molar-refractivity contribution in [3.05, 3.63) is 6.33 Å². The molecule has 1 rings (SSSR count). The van der Waals surface area contributed by atoms with Gasteiger partial charge in [-0.3, -0.25) is 4.79 Å². The molecule has 0 saturated heterocycles. The van der Waals surface area contributed by atoms with Crippen LogP contribution in [0.25, 0.3) is 0 Å². The fourth-order valence-corrected chi connectivity index (χ4v) is 0.923. The van der Waals surface area contributed by atoms with Gasteiger partial charge in [0.25, 0.3) is 0 Å². The SMILES string of the molecule is COC(=O)[C@H](C)NC(=O)Cn1cnnn1. The standard InChI is InChI=1S/C7H11N5O3/c1-5(7(14)15-2)9-6(13)3-12-4-8-10-11-12/h4-5H,3H2,1-2H3,(H,9,13)/t5-/m0/s1. The highest BCUT2D eigenvalue weighted by Crippen LogP contribution is 1.87. The summed E-state index contributed by atoms with van der Waals surface area (Å²) >= 11 is 0.